The third-order valence-corrected chi connectivity index (χ3v) is 2.31. The van der Waals surface area contributed by atoms with Crippen LogP contribution in [-0.4, -0.2) is 53.0 Å². The van der Waals surface area contributed by atoms with Crippen LogP contribution in [0.3, 0.4) is 0 Å². The van der Waals surface area contributed by atoms with Crippen LogP contribution in [0.5, 0.6) is 0 Å². The van der Waals surface area contributed by atoms with Crippen molar-refractivity contribution in [3.63, 3.8) is 0 Å². The van der Waals surface area contributed by atoms with Gasteiger partial charge < -0.3 is 28.9 Å². The minimum Gasteiger partial charge on any atom is -0.385 e. The van der Waals surface area contributed by atoms with Gasteiger partial charge >= 0.3 is 25.7 Å². The summed E-state index contributed by atoms with van der Waals surface area (Å²) in [5, 5.41) is 24.9. The van der Waals surface area contributed by atoms with Gasteiger partial charge in [-0.25, -0.2) is 14.4 Å². The predicted molar refractivity (Wildman–Crippen MR) is 47.1 cm³/mol. The van der Waals surface area contributed by atoms with Crippen LogP contribution < -0.4 is 0 Å². The lowest BCUT2D eigenvalue weighted by atomic mass is 10.8. The normalized spacial score (nSPS) is 10.5. The van der Waals surface area contributed by atoms with E-state index in [2.05, 4.69) is 13.6 Å². The number of aliphatic hydroxyl groups excluding tert-OH is 3. The van der Waals surface area contributed by atoms with Crippen LogP contribution in [0, 0.1) is 0 Å². The average molecular weight is 272 g/mol. The van der Waals surface area contributed by atoms with Gasteiger partial charge in [-0.1, -0.05) is 0 Å². The fraction of sp³-hybridized carbons (Fsp3) is 0.500. The summed E-state index contributed by atoms with van der Waals surface area (Å²) in [6.45, 7) is -3.63. The summed E-state index contributed by atoms with van der Waals surface area (Å²) in [4.78, 5) is 31.8. The van der Waals surface area contributed by atoms with Crippen LogP contribution in [0.1, 0.15) is 0 Å². The molecular weight excluding hydrogens is 263 g/mol. The molecule has 11 heteroatoms. The van der Waals surface area contributed by atoms with Gasteiger partial charge in [0.25, 0.3) is 0 Å². The Bertz CT molecular complexity index is 296. The van der Waals surface area contributed by atoms with Crippen molar-refractivity contribution in [2.45, 2.75) is 0 Å². The molecule has 0 aliphatic heterocycles. The summed E-state index contributed by atoms with van der Waals surface area (Å²) in [5.41, 5.74) is 0. The van der Waals surface area contributed by atoms with Crippen LogP contribution in [0.25, 0.3) is 0 Å². The number of aliphatic hydroxyl groups is 3. The zero-order chi connectivity index (χ0) is 13.5. The van der Waals surface area contributed by atoms with Crippen molar-refractivity contribution in [3.05, 3.63) is 0 Å². The second kappa shape index (κ2) is 6.97. The van der Waals surface area contributed by atoms with Gasteiger partial charge in [0.2, 0.25) is 0 Å². The van der Waals surface area contributed by atoms with Crippen LogP contribution in [0.15, 0.2) is 0 Å². The van der Waals surface area contributed by atoms with E-state index in [4.69, 9.17) is 15.3 Å². The van der Waals surface area contributed by atoms with Crippen molar-refractivity contribution in [2.24, 2.45) is 0 Å². The van der Waals surface area contributed by atoms with E-state index >= 15 is 0 Å². The van der Waals surface area contributed by atoms with Crippen LogP contribution in [0.4, 0.5) is 0 Å². The molecule has 0 atom stereocenters. The van der Waals surface area contributed by atoms with E-state index in [1.807, 2.05) is 0 Å². The van der Waals surface area contributed by atoms with Crippen LogP contribution in [-0.2, 0) is 32.5 Å². The Labute approximate surface area is 94.3 Å². The SMILES string of the molecule is O=C(CO)OP(=O)(OC(=O)CO)OC(=O)CO. The second-order valence-corrected chi connectivity index (χ2v) is 3.75. The first kappa shape index (κ1) is 15.5. The summed E-state index contributed by atoms with van der Waals surface area (Å²) in [5.74, 6) is -4.49. The zero-order valence-corrected chi connectivity index (χ0v) is 9.16. The highest BCUT2D eigenvalue weighted by Gasteiger charge is 2.38. The Morgan fingerprint density at radius 1 is 0.765 bits per heavy atom. The Hall–Kier alpha value is -1.48. The van der Waals surface area contributed by atoms with E-state index in [0.29, 0.717) is 0 Å². The minimum absolute atomic E-state index is 1.21. The van der Waals surface area contributed by atoms with E-state index in [9.17, 15) is 18.9 Å². The number of phosphoric ester groups is 1. The number of phosphoric acid groups is 1. The molecule has 0 aliphatic rings. The molecule has 0 heterocycles. The molecule has 0 saturated heterocycles. The second-order valence-electron chi connectivity index (χ2n) is 2.31. The molecule has 0 spiro atoms. The van der Waals surface area contributed by atoms with Crippen molar-refractivity contribution in [3.8, 4) is 0 Å². The van der Waals surface area contributed by atoms with Gasteiger partial charge in [0.15, 0.2) is 0 Å². The maximum atomic E-state index is 11.5. The molecule has 0 aliphatic carbocycles. The molecule has 0 saturated carbocycles. The maximum Gasteiger partial charge on any atom is 0.654 e. The average Bonchev–Trinajstić information content (AvgIpc) is 2.27. The minimum atomic E-state index is -4.97. The zero-order valence-electron chi connectivity index (χ0n) is 8.27. The summed E-state index contributed by atoms with van der Waals surface area (Å²) in [7, 11) is -4.97. The van der Waals surface area contributed by atoms with E-state index in [-0.39, 0.29) is 0 Å². The monoisotopic (exact) mass is 272 g/mol. The molecule has 0 aromatic carbocycles. The van der Waals surface area contributed by atoms with Gasteiger partial charge in [-0.05, 0) is 0 Å². The van der Waals surface area contributed by atoms with Gasteiger partial charge in [0.05, 0.1) is 0 Å². The lowest BCUT2D eigenvalue weighted by Gasteiger charge is -2.14. The third kappa shape index (κ3) is 5.97. The predicted octanol–water partition coefficient (Wildman–Crippen LogP) is -2.30. The van der Waals surface area contributed by atoms with E-state index in [0.717, 1.165) is 0 Å². The quantitative estimate of drug-likeness (QED) is 0.449. The molecule has 98 valence electrons. The molecular formula is C6H9O10P. The van der Waals surface area contributed by atoms with Crippen LogP contribution in [0.2, 0.25) is 0 Å². The van der Waals surface area contributed by atoms with Crippen LogP contribution >= 0.6 is 7.82 Å². The first-order chi connectivity index (χ1) is 7.86. The van der Waals surface area contributed by atoms with Gasteiger partial charge in [0.1, 0.15) is 19.8 Å². The van der Waals surface area contributed by atoms with E-state index < -0.39 is 45.6 Å². The molecule has 10 nitrogen and oxygen atoms in total. The summed E-state index contributed by atoms with van der Waals surface area (Å²) in [6, 6.07) is 0. The largest absolute Gasteiger partial charge is 0.654 e. The Morgan fingerprint density at radius 3 is 1.18 bits per heavy atom. The smallest absolute Gasteiger partial charge is 0.385 e. The lowest BCUT2D eigenvalue weighted by molar-refractivity contribution is -0.148. The Morgan fingerprint density at radius 2 is 1.00 bits per heavy atom. The van der Waals surface area contributed by atoms with Gasteiger partial charge in [-0.2, -0.15) is 4.57 Å². The molecule has 0 bridgehead atoms. The number of hydrogen-bond donors (Lipinski definition) is 3. The fourth-order valence-electron chi connectivity index (χ4n) is 0.517. The molecule has 0 unspecified atom stereocenters. The van der Waals surface area contributed by atoms with Crippen molar-refractivity contribution in [1.82, 2.24) is 0 Å². The van der Waals surface area contributed by atoms with Gasteiger partial charge in [-0.3, -0.25) is 0 Å². The Kier molecular flexibility index (Phi) is 6.36. The topological polar surface area (TPSA) is 157 Å². The lowest BCUT2D eigenvalue weighted by Crippen LogP contribution is -2.18. The first-order valence-corrected chi connectivity index (χ1v) is 5.42. The van der Waals surface area contributed by atoms with E-state index in [1.165, 1.54) is 0 Å². The number of carbonyl (C=O) groups is 3. The van der Waals surface area contributed by atoms with Crippen molar-refractivity contribution >= 4 is 25.7 Å². The highest BCUT2D eigenvalue weighted by molar-refractivity contribution is 7.50. The molecule has 0 aromatic heterocycles. The van der Waals surface area contributed by atoms with E-state index in [1.54, 1.807) is 0 Å². The highest BCUT2D eigenvalue weighted by Crippen LogP contribution is 2.49. The molecule has 0 rings (SSSR count). The standard InChI is InChI=1S/C6H9O10P/c7-1-4(10)14-17(13,15-5(11)2-8)16-6(12)3-9/h7-9H,1-3H2. The van der Waals surface area contributed by atoms with Crippen molar-refractivity contribution in [2.75, 3.05) is 19.8 Å². The van der Waals surface area contributed by atoms with Gasteiger partial charge in [0, 0.05) is 0 Å². The maximum absolute atomic E-state index is 11.5. The Balaban J connectivity index is 4.80. The first-order valence-electron chi connectivity index (χ1n) is 3.96. The molecule has 3 N–H and O–H groups in total. The van der Waals surface area contributed by atoms with Crippen molar-refractivity contribution in [1.29, 1.82) is 0 Å². The number of carbonyl (C=O) groups excluding carboxylic acids is 3. The summed E-state index contributed by atoms with van der Waals surface area (Å²) >= 11 is 0. The molecule has 0 fully saturated rings. The molecule has 0 radical (unpaired) electrons. The fourth-order valence-corrected chi connectivity index (χ4v) is 1.55. The van der Waals surface area contributed by atoms with Crippen molar-refractivity contribution < 1.29 is 47.8 Å². The highest BCUT2D eigenvalue weighted by atomic mass is 31.2. The molecule has 0 aromatic rings. The summed E-state index contributed by atoms with van der Waals surface area (Å²) in [6.07, 6.45) is 0. The summed E-state index contributed by atoms with van der Waals surface area (Å²) < 4.78 is 23.1. The molecule has 17 heavy (non-hydrogen) atoms. The van der Waals surface area contributed by atoms with Gasteiger partial charge in [-0.15, -0.1) is 0 Å². The third-order valence-electron chi connectivity index (χ3n) is 1.03. The number of rotatable bonds is 6. The number of hydrogen-bond acceptors (Lipinski definition) is 10. The molecule has 0 amide bonds.